The lowest BCUT2D eigenvalue weighted by atomic mass is 9.99. The van der Waals surface area contributed by atoms with Crippen molar-refractivity contribution in [3.8, 4) is 0 Å². The van der Waals surface area contributed by atoms with Crippen molar-refractivity contribution in [1.82, 2.24) is 0 Å². The zero-order chi connectivity index (χ0) is 66.1. The van der Waals surface area contributed by atoms with Crippen molar-refractivity contribution in [2.24, 2.45) is 23.7 Å². The summed E-state index contributed by atoms with van der Waals surface area (Å²) in [6.45, 7) is 14.1. The minimum atomic E-state index is -4.95. The average molecular weight is 1310 g/mol. The number of phosphoric acid groups is 2. The summed E-state index contributed by atoms with van der Waals surface area (Å²) < 4.78 is 68.3. The van der Waals surface area contributed by atoms with Gasteiger partial charge in [-0.1, -0.05) is 293 Å². The molecule has 0 rings (SSSR count). The van der Waals surface area contributed by atoms with Gasteiger partial charge in [0, 0.05) is 25.7 Å². The highest BCUT2D eigenvalue weighted by atomic mass is 31.2. The molecule has 0 heterocycles. The molecule has 0 bridgehead atoms. The first-order valence-corrected chi connectivity index (χ1v) is 39.3. The van der Waals surface area contributed by atoms with Gasteiger partial charge in [-0.05, 0) is 49.4 Å². The second-order valence-electron chi connectivity index (χ2n) is 26.7. The Bertz CT molecular complexity index is 1770. The number of hydrogen-bond donors (Lipinski definition) is 3. The molecule has 0 aliphatic carbocycles. The lowest BCUT2D eigenvalue weighted by Crippen LogP contribution is -2.30. The van der Waals surface area contributed by atoms with E-state index in [1.807, 2.05) is 0 Å². The lowest BCUT2D eigenvalue weighted by Gasteiger charge is -2.21. The van der Waals surface area contributed by atoms with Crippen molar-refractivity contribution in [1.29, 1.82) is 0 Å². The first-order valence-electron chi connectivity index (χ1n) is 36.3. The second-order valence-corrected chi connectivity index (χ2v) is 29.6. The maximum absolute atomic E-state index is 13.0. The molecule has 19 heteroatoms. The SMILES string of the molecule is CCC(C)CCCCCCCCCCC(=O)OC[C@H](COP(=O)(O)OC[C@@H](O)COP(=O)(O)OC[C@@H](COC(=O)CCCCCCCCC(C)CC)OC(=O)CCCCCCCCCCCC(C)C)OC(=O)CCCCCCCCCCCCCCC(C)C. The van der Waals surface area contributed by atoms with Gasteiger partial charge in [-0.2, -0.15) is 0 Å². The molecule has 7 atom stereocenters. The summed E-state index contributed by atoms with van der Waals surface area (Å²) in [4.78, 5) is 72.5. The topological polar surface area (TPSA) is 237 Å². The van der Waals surface area contributed by atoms with Crippen LogP contribution in [0.3, 0.4) is 0 Å². The van der Waals surface area contributed by atoms with Crippen molar-refractivity contribution in [3.05, 3.63) is 0 Å². The predicted molar refractivity (Wildman–Crippen MR) is 358 cm³/mol. The molecule has 89 heavy (non-hydrogen) atoms. The first kappa shape index (κ1) is 87.1. The Kier molecular flexibility index (Phi) is 58.5. The maximum Gasteiger partial charge on any atom is 0.472 e. The molecule has 0 saturated carbocycles. The highest BCUT2D eigenvalue weighted by Crippen LogP contribution is 2.45. The summed E-state index contributed by atoms with van der Waals surface area (Å²) in [6, 6.07) is 0. The molecular formula is C70H136O17P2. The van der Waals surface area contributed by atoms with Gasteiger partial charge in [0.15, 0.2) is 12.2 Å². The minimum absolute atomic E-state index is 0.104. The van der Waals surface area contributed by atoms with Crippen LogP contribution in [0.4, 0.5) is 0 Å². The fourth-order valence-corrected chi connectivity index (χ4v) is 12.0. The van der Waals surface area contributed by atoms with Crippen molar-refractivity contribution in [3.63, 3.8) is 0 Å². The van der Waals surface area contributed by atoms with Gasteiger partial charge in [0.1, 0.15) is 19.3 Å². The Morgan fingerprint density at radius 2 is 0.539 bits per heavy atom. The highest BCUT2D eigenvalue weighted by Gasteiger charge is 2.30. The van der Waals surface area contributed by atoms with E-state index >= 15 is 0 Å². The molecule has 0 aromatic carbocycles. The van der Waals surface area contributed by atoms with Gasteiger partial charge < -0.3 is 33.8 Å². The van der Waals surface area contributed by atoms with E-state index in [9.17, 15) is 43.2 Å². The summed E-state index contributed by atoms with van der Waals surface area (Å²) >= 11 is 0. The fraction of sp³-hybridized carbons (Fsp3) is 0.943. The quantitative estimate of drug-likeness (QED) is 0.0222. The van der Waals surface area contributed by atoms with Crippen molar-refractivity contribution < 1.29 is 80.2 Å². The van der Waals surface area contributed by atoms with Crippen LogP contribution in [0, 0.1) is 23.7 Å². The lowest BCUT2D eigenvalue weighted by molar-refractivity contribution is -0.161. The van der Waals surface area contributed by atoms with Crippen molar-refractivity contribution in [2.75, 3.05) is 39.6 Å². The van der Waals surface area contributed by atoms with Crippen LogP contribution in [-0.4, -0.2) is 96.7 Å². The molecule has 0 spiro atoms. The molecular weight excluding hydrogens is 1170 g/mol. The van der Waals surface area contributed by atoms with Crippen LogP contribution in [0.2, 0.25) is 0 Å². The van der Waals surface area contributed by atoms with Crippen LogP contribution < -0.4 is 0 Å². The van der Waals surface area contributed by atoms with Gasteiger partial charge in [0.2, 0.25) is 0 Å². The summed E-state index contributed by atoms with van der Waals surface area (Å²) in [5.41, 5.74) is 0. The van der Waals surface area contributed by atoms with Gasteiger partial charge in [0.25, 0.3) is 0 Å². The molecule has 0 aliphatic heterocycles. The van der Waals surface area contributed by atoms with Crippen molar-refractivity contribution in [2.45, 2.75) is 363 Å². The summed E-state index contributed by atoms with van der Waals surface area (Å²) in [5.74, 6) is 0.891. The summed E-state index contributed by atoms with van der Waals surface area (Å²) in [6.07, 6.45) is 41.6. The van der Waals surface area contributed by atoms with Crippen LogP contribution in [0.1, 0.15) is 344 Å². The van der Waals surface area contributed by atoms with Crippen LogP contribution in [0.5, 0.6) is 0 Å². The molecule has 0 aromatic heterocycles. The molecule has 17 nitrogen and oxygen atoms in total. The van der Waals surface area contributed by atoms with Crippen LogP contribution >= 0.6 is 15.6 Å². The zero-order valence-electron chi connectivity index (χ0n) is 58.1. The smallest absolute Gasteiger partial charge is 0.462 e. The Balaban J connectivity index is 5.27. The number of unbranched alkanes of at least 4 members (excludes halogenated alkanes) is 31. The van der Waals surface area contributed by atoms with Crippen molar-refractivity contribution >= 4 is 39.5 Å². The predicted octanol–water partition coefficient (Wildman–Crippen LogP) is 19.7. The van der Waals surface area contributed by atoms with Crippen LogP contribution in [-0.2, 0) is 65.4 Å². The van der Waals surface area contributed by atoms with Gasteiger partial charge in [0.05, 0.1) is 26.4 Å². The number of aliphatic hydroxyl groups excluding tert-OH is 1. The number of carbonyl (C=O) groups is 4. The number of aliphatic hydroxyl groups is 1. The van der Waals surface area contributed by atoms with Gasteiger partial charge in [-0.15, -0.1) is 0 Å². The molecule has 4 unspecified atom stereocenters. The van der Waals surface area contributed by atoms with Crippen LogP contribution in [0.15, 0.2) is 0 Å². The zero-order valence-corrected chi connectivity index (χ0v) is 59.8. The highest BCUT2D eigenvalue weighted by molar-refractivity contribution is 7.47. The summed E-state index contributed by atoms with van der Waals surface area (Å²) in [7, 11) is -9.90. The monoisotopic (exact) mass is 1310 g/mol. The third kappa shape index (κ3) is 62.0. The molecule has 0 aliphatic rings. The number of hydrogen-bond acceptors (Lipinski definition) is 15. The summed E-state index contributed by atoms with van der Waals surface area (Å²) in [5, 5.41) is 10.6. The molecule has 0 aromatic rings. The molecule has 528 valence electrons. The molecule has 0 radical (unpaired) electrons. The molecule has 3 N–H and O–H groups in total. The van der Waals surface area contributed by atoms with Gasteiger partial charge in [-0.25, -0.2) is 9.13 Å². The standard InChI is InChI=1S/C70H136O17P2/c1-9-62(7)48-40-32-24-20-21-25-34-42-50-67(72)80-56-65(86-69(74)52-44-36-26-18-14-12-11-13-16-22-30-38-46-60(3)4)58-84-88(76,77)82-54-64(71)55-83-89(78,79)85-59-66(57-81-68(73)51-43-35-29-28-33-41-49-63(8)10-2)87-70(75)53-45-37-27-19-15-17-23-31-39-47-61(5)6/h60-66,71H,9-59H2,1-8H3,(H,76,77)(H,78,79)/t62?,63?,64-,65-,66-/m1/s1. The van der Waals surface area contributed by atoms with E-state index in [1.165, 1.54) is 141 Å². The van der Waals surface area contributed by atoms with Gasteiger partial charge in [-0.3, -0.25) is 37.3 Å². The Morgan fingerprint density at radius 1 is 0.315 bits per heavy atom. The average Bonchev–Trinajstić information content (AvgIpc) is 3.64. The number of carbonyl (C=O) groups excluding carboxylic acids is 4. The third-order valence-electron chi connectivity index (χ3n) is 16.8. The minimum Gasteiger partial charge on any atom is -0.462 e. The largest absolute Gasteiger partial charge is 0.472 e. The number of esters is 4. The van der Waals surface area contributed by atoms with E-state index < -0.39 is 97.5 Å². The van der Waals surface area contributed by atoms with E-state index in [0.717, 1.165) is 120 Å². The maximum atomic E-state index is 13.0. The van der Waals surface area contributed by atoms with E-state index in [1.54, 1.807) is 0 Å². The normalized spacial score (nSPS) is 14.9. The Hall–Kier alpha value is -1.94. The fourth-order valence-electron chi connectivity index (χ4n) is 10.4. The third-order valence-corrected chi connectivity index (χ3v) is 18.7. The second kappa shape index (κ2) is 59.8. The van der Waals surface area contributed by atoms with E-state index in [2.05, 4.69) is 55.4 Å². The number of rotatable bonds is 67. The van der Waals surface area contributed by atoms with Gasteiger partial charge >= 0.3 is 39.5 Å². The van der Waals surface area contributed by atoms with E-state index in [4.69, 9.17) is 37.0 Å². The molecule has 0 amide bonds. The van der Waals surface area contributed by atoms with E-state index in [0.29, 0.717) is 25.7 Å². The molecule has 0 saturated heterocycles. The number of phosphoric ester groups is 2. The van der Waals surface area contributed by atoms with Crippen LogP contribution in [0.25, 0.3) is 0 Å². The Morgan fingerprint density at radius 3 is 0.798 bits per heavy atom. The molecule has 0 fully saturated rings. The first-order chi connectivity index (χ1) is 42.7. The van der Waals surface area contributed by atoms with E-state index in [-0.39, 0.29) is 25.7 Å². The Labute approximate surface area is 543 Å². The number of ether oxygens (including phenoxy) is 4.